The van der Waals surface area contributed by atoms with Crippen LogP contribution >= 0.6 is 0 Å². The van der Waals surface area contributed by atoms with Crippen molar-refractivity contribution in [2.75, 3.05) is 38.2 Å². The van der Waals surface area contributed by atoms with Crippen molar-refractivity contribution in [2.24, 2.45) is 0 Å². The largest absolute Gasteiger partial charge is 0.379 e. The van der Waals surface area contributed by atoms with Crippen molar-refractivity contribution in [3.63, 3.8) is 0 Å². The summed E-state index contributed by atoms with van der Waals surface area (Å²) in [5, 5.41) is 5.92. The van der Waals surface area contributed by atoms with Gasteiger partial charge in [-0.05, 0) is 67.9 Å². The fraction of sp³-hybridized carbons (Fsp3) is 0.333. The molecule has 3 aromatic rings. The van der Waals surface area contributed by atoms with E-state index in [2.05, 4.69) is 46.1 Å². The van der Waals surface area contributed by atoms with Gasteiger partial charge in [-0.25, -0.2) is 0 Å². The van der Waals surface area contributed by atoms with E-state index in [0.29, 0.717) is 18.5 Å². The zero-order valence-electron chi connectivity index (χ0n) is 19.8. The highest BCUT2D eigenvalue weighted by atomic mass is 16.5. The molecule has 1 fully saturated rings. The maximum Gasteiger partial charge on any atom is 0.251 e. The predicted molar refractivity (Wildman–Crippen MR) is 133 cm³/mol. The Bertz CT molecular complexity index is 1110. The summed E-state index contributed by atoms with van der Waals surface area (Å²) in [6, 6.07) is 19.3. The van der Waals surface area contributed by atoms with Crippen LogP contribution in [-0.4, -0.2) is 54.1 Å². The maximum absolute atomic E-state index is 12.6. The molecule has 1 saturated heterocycles. The van der Waals surface area contributed by atoms with E-state index in [1.54, 1.807) is 0 Å². The lowest BCUT2D eigenvalue weighted by Gasteiger charge is -2.26. The number of aromatic nitrogens is 1. The Morgan fingerprint density at radius 3 is 2.35 bits per heavy atom. The molecule has 2 amide bonds. The molecule has 178 valence electrons. The van der Waals surface area contributed by atoms with E-state index in [-0.39, 0.29) is 11.8 Å². The minimum Gasteiger partial charge on any atom is -0.379 e. The van der Waals surface area contributed by atoms with Gasteiger partial charge in [0.25, 0.3) is 5.91 Å². The second-order valence-electron chi connectivity index (χ2n) is 8.63. The Kier molecular flexibility index (Phi) is 7.77. The average Bonchev–Trinajstić information content (AvgIpc) is 3.20. The Morgan fingerprint density at radius 2 is 1.65 bits per heavy atom. The normalized spacial score (nSPS) is 14.1. The number of rotatable bonds is 8. The summed E-state index contributed by atoms with van der Waals surface area (Å²) < 4.78 is 7.49. The number of hydrogen-bond acceptors (Lipinski definition) is 4. The van der Waals surface area contributed by atoms with E-state index in [1.165, 1.54) is 0 Å². The second kappa shape index (κ2) is 11.1. The SMILES string of the molecule is Cc1ccc(C)n1-c1ccc(C(=O)NCc2cccc(NC(=O)CCN3CCOCC3)c2)cc1. The van der Waals surface area contributed by atoms with Crippen molar-refractivity contribution in [1.82, 2.24) is 14.8 Å². The van der Waals surface area contributed by atoms with Gasteiger partial charge in [-0.15, -0.1) is 0 Å². The molecule has 1 aromatic heterocycles. The number of carbonyl (C=O) groups excluding carboxylic acids is 2. The fourth-order valence-corrected chi connectivity index (χ4v) is 4.19. The molecule has 0 radical (unpaired) electrons. The van der Waals surface area contributed by atoms with Crippen LogP contribution in [0.5, 0.6) is 0 Å². The molecule has 2 N–H and O–H groups in total. The van der Waals surface area contributed by atoms with E-state index in [1.807, 2.05) is 48.5 Å². The molecule has 0 aliphatic carbocycles. The van der Waals surface area contributed by atoms with Crippen LogP contribution in [0.4, 0.5) is 5.69 Å². The van der Waals surface area contributed by atoms with Crippen molar-refractivity contribution in [3.8, 4) is 5.69 Å². The summed E-state index contributed by atoms with van der Waals surface area (Å²) in [5.74, 6) is -0.145. The lowest BCUT2D eigenvalue weighted by Crippen LogP contribution is -2.38. The maximum atomic E-state index is 12.6. The Labute approximate surface area is 200 Å². The van der Waals surface area contributed by atoms with E-state index in [9.17, 15) is 9.59 Å². The first-order chi connectivity index (χ1) is 16.5. The number of ether oxygens (including phenoxy) is 1. The van der Waals surface area contributed by atoms with Crippen molar-refractivity contribution >= 4 is 17.5 Å². The van der Waals surface area contributed by atoms with E-state index >= 15 is 0 Å². The fourth-order valence-electron chi connectivity index (χ4n) is 4.19. The molecule has 1 aliphatic heterocycles. The summed E-state index contributed by atoms with van der Waals surface area (Å²) in [7, 11) is 0. The first-order valence-corrected chi connectivity index (χ1v) is 11.7. The standard InChI is InChI=1S/C27H32N4O3/c1-20-6-7-21(2)31(20)25-10-8-23(9-11-25)27(33)28-19-22-4-3-5-24(18-22)29-26(32)12-13-30-14-16-34-17-15-30/h3-11,18H,12-17,19H2,1-2H3,(H,28,33)(H,29,32). The monoisotopic (exact) mass is 460 g/mol. The van der Waals surface area contributed by atoms with Crippen LogP contribution in [0.2, 0.25) is 0 Å². The van der Waals surface area contributed by atoms with Crippen LogP contribution in [0.15, 0.2) is 60.7 Å². The second-order valence-corrected chi connectivity index (χ2v) is 8.63. The number of hydrogen-bond donors (Lipinski definition) is 2. The molecule has 0 spiro atoms. The third kappa shape index (κ3) is 6.12. The van der Waals surface area contributed by atoms with E-state index in [4.69, 9.17) is 4.74 Å². The first-order valence-electron chi connectivity index (χ1n) is 11.7. The zero-order chi connectivity index (χ0) is 23.9. The van der Waals surface area contributed by atoms with Crippen LogP contribution in [0, 0.1) is 13.8 Å². The molecule has 34 heavy (non-hydrogen) atoms. The smallest absolute Gasteiger partial charge is 0.251 e. The number of nitrogens with one attached hydrogen (secondary N) is 2. The molecule has 0 atom stereocenters. The van der Waals surface area contributed by atoms with Crippen molar-refractivity contribution in [1.29, 1.82) is 0 Å². The number of anilines is 1. The summed E-state index contributed by atoms with van der Waals surface area (Å²) in [6.45, 7) is 8.44. The Morgan fingerprint density at radius 1 is 0.941 bits per heavy atom. The molecule has 0 bridgehead atoms. The van der Waals surface area contributed by atoms with Crippen LogP contribution in [0.3, 0.4) is 0 Å². The van der Waals surface area contributed by atoms with Crippen LogP contribution in [0.1, 0.15) is 33.7 Å². The van der Waals surface area contributed by atoms with Gasteiger partial charge in [-0.2, -0.15) is 0 Å². The molecule has 1 aliphatic rings. The summed E-state index contributed by atoms with van der Waals surface area (Å²) >= 11 is 0. The van der Waals surface area contributed by atoms with E-state index in [0.717, 1.165) is 61.2 Å². The minimum absolute atomic E-state index is 0.0130. The Balaban J connectivity index is 1.28. The zero-order valence-corrected chi connectivity index (χ0v) is 19.8. The molecule has 7 heteroatoms. The minimum atomic E-state index is -0.132. The highest BCUT2D eigenvalue weighted by molar-refractivity contribution is 5.94. The van der Waals surface area contributed by atoms with Crippen molar-refractivity contribution < 1.29 is 14.3 Å². The molecule has 0 unspecified atom stereocenters. The predicted octanol–water partition coefficient (Wildman–Crippen LogP) is 3.68. The third-order valence-electron chi connectivity index (χ3n) is 6.08. The lowest BCUT2D eigenvalue weighted by molar-refractivity contribution is -0.116. The number of carbonyl (C=O) groups is 2. The number of nitrogens with zero attached hydrogens (tertiary/aromatic N) is 2. The number of benzene rings is 2. The molecule has 0 saturated carbocycles. The lowest BCUT2D eigenvalue weighted by atomic mass is 10.1. The molecular weight excluding hydrogens is 428 g/mol. The summed E-state index contributed by atoms with van der Waals surface area (Å²) in [6.07, 6.45) is 0.443. The molecule has 2 aromatic carbocycles. The number of amides is 2. The highest BCUT2D eigenvalue weighted by Gasteiger charge is 2.12. The number of morpholine rings is 1. The topological polar surface area (TPSA) is 75.6 Å². The number of aryl methyl sites for hydroxylation is 2. The quantitative estimate of drug-likeness (QED) is 0.538. The van der Waals surface area contributed by atoms with E-state index < -0.39 is 0 Å². The van der Waals surface area contributed by atoms with Gasteiger partial charge in [0, 0.05) is 60.9 Å². The van der Waals surface area contributed by atoms with Gasteiger partial charge in [0.05, 0.1) is 13.2 Å². The summed E-state index contributed by atoms with van der Waals surface area (Å²) in [5.41, 5.74) is 5.62. The van der Waals surface area contributed by atoms with Gasteiger partial charge >= 0.3 is 0 Å². The summed E-state index contributed by atoms with van der Waals surface area (Å²) in [4.78, 5) is 27.2. The molecule has 4 rings (SSSR count). The average molecular weight is 461 g/mol. The highest BCUT2D eigenvalue weighted by Crippen LogP contribution is 2.17. The third-order valence-corrected chi connectivity index (χ3v) is 6.08. The van der Waals surface area contributed by atoms with Crippen molar-refractivity contribution in [2.45, 2.75) is 26.8 Å². The van der Waals surface area contributed by atoms with Gasteiger partial charge < -0.3 is 19.9 Å². The molecule has 2 heterocycles. The van der Waals surface area contributed by atoms with Crippen molar-refractivity contribution in [3.05, 3.63) is 83.2 Å². The van der Waals surface area contributed by atoms with Gasteiger partial charge in [0.15, 0.2) is 0 Å². The van der Waals surface area contributed by atoms with Crippen LogP contribution in [-0.2, 0) is 16.1 Å². The van der Waals surface area contributed by atoms with Crippen LogP contribution < -0.4 is 10.6 Å². The Hall–Kier alpha value is -3.42. The molecular formula is C27H32N4O3. The first kappa shape index (κ1) is 23.7. The van der Waals surface area contributed by atoms with Gasteiger partial charge in [-0.3, -0.25) is 14.5 Å². The van der Waals surface area contributed by atoms with Gasteiger partial charge in [0.1, 0.15) is 0 Å². The van der Waals surface area contributed by atoms with Crippen LogP contribution in [0.25, 0.3) is 5.69 Å². The molecule has 7 nitrogen and oxygen atoms in total. The van der Waals surface area contributed by atoms with Gasteiger partial charge in [0.2, 0.25) is 5.91 Å². The van der Waals surface area contributed by atoms with Gasteiger partial charge in [-0.1, -0.05) is 12.1 Å².